The summed E-state index contributed by atoms with van der Waals surface area (Å²) in [6.07, 6.45) is 0. The van der Waals surface area contributed by atoms with E-state index in [0.29, 0.717) is 0 Å². The summed E-state index contributed by atoms with van der Waals surface area (Å²) in [5.74, 6) is 0.0640. The van der Waals surface area contributed by atoms with Crippen LogP contribution >= 0.6 is 0 Å². The highest BCUT2D eigenvalue weighted by molar-refractivity contribution is 5.72. The number of hydrogen-bond donors (Lipinski definition) is 1. The number of nitrogens with zero attached hydrogens (tertiary/aromatic N) is 2. The number of rotatable bonds is 3. The van der Waals surface area contributed by atoms with Crippen LogP contribution < -0.4 is 5.32 Å². The van der Waals surface area contributed by atoms with Gasteiger partial charge in [-0.15, -0.1) is 0 Å². The lowest BCUT2D eigenvalue weighted by molar-refractivity contribution is -0.119. The molecule has 1 aliphatic rings. The van der Waals surface area contributed by atoms with E-state index in [1.54, 1.807) is 6.92 Å². The standard InChI is InChI=1S/C9H19N3O.2C2H6/c1-9(13)10-3-4-12-7-5-11(2)6-8-12;2*1-2/h3-8H2,1-2H3,(H,10,13);2*1-2H3. The van der Waals surface area contributed by atoms with E-state index in [0.717, 1.165) is 39.3 Å². The zero-order valence-electron chi connectivity index (χ0n) is 12.5. The minimum Gasteiger partial charge on any atom is -0.355 e. The minimum atomic E-state index is 0.0640. The molecule has 1 amide bonds. The minimum absolute atomic E-state index is 0.0640. The molecule has 1 N–H and O–H groups in total. The molecule has 1 fully saturated rings. The Labute approximate surface area is 107 Å². The van der Waals surface area contributed by atoms with Crippen molar-refractivity contribution in [1.29, 1.82) is 0 Å². The summed E-state index contributed by atoms with van der Waals surface area (Å²) in [7, 11) is 2.14. The lowest BCUT2D eigenvalue weighted by atomic mass is 10.3. The Balaban J connectivity index is 0. The Hall–Kier alpha value is -0.610. The maximum absolute atomic E-state index is 10.6. The average Bonchev–Trinajstić information content (AvgIpc) is 2.36. The molecule has 0 atom stereocenters. The molecule has 104 valence electrons. The number of amides is 1. The number of piperazine rings is 1. The van der Waals surface area contributed by atoms with Gasteiger partial charge in [-0.25, -0.2) is 0 Å². The Morgan fingerprint density at radius 2 is 1.53 bits per heavy atom. The topological polar surface area (TPSA) is 35.6 Å². The first-order valence-electron chi connectivity index (χ1n) is 6.84. The molecule has 1 aliphatic heterocycles. The van der Waals surface area contributed by atoms with Gasteiger partial charge in [-0.05, 0) is 7.05 Å². The highest BCUT2D eigenvalue weighted by Crippen LogP contribution is 1.97. The van der Waals surface area contributed by atoms with Gasteiger partial charge in [0.25, 0.3) is 0 Å². The maximum atomic E-state index is 10.6. The Morgan fingerprint density at radius 1 is 1.06 bits per heavy atom. The van der Waals surface area contributed by atoms with E-state index in [1.807, 2.05) is 27.7 Å². The normalized spacial score (nSPS) is 16.1. The molecule has 1 saturated heterocycles. The predicted octanol–water partition coefficient (Wildman–Crippen LogP) is 1.42. The van der Waals surface area contributed by atoms with Crippen LogP contribution in [0.25, 0.3) is 0 Å². The molecular weight excluding hydrogens is 214 g/mol. The first-order chi connectivity index (χ1) is 8.18. The van der Waals surface area contributed by atoms with E-state index in [9.17, 15) is 4.79 Å². The van der Waals surface area contributed by atoms with Crippen LogP contribution in [0.3, 0.4) is 0 Å². The van der Waals surface area contributed by atoms with Crippen molar-refractivity contribution in [3.8, 4) is 0 Å². The monoisotopic (exact) mass is 245 g/mol. The van der Waals surface area contributed by atoms with E-state index < -0.39 is 0 Å². The van der Waals surface area contributed by atoms with Crippen molar-refractivity contribution >= 4 is 5.91 Å². The molecule has 0 aromatic heterocycles. The number of carbonyl (C=O) groups excluding carboxylic acids is 1. The van der Waals surface area contributed by atoms with Crippen LogP contribution in [-0.2, 0) is 4.79 Å². The molecule has 4 nitrogen and oxygen atoms in total. The number of likely N-dealkylation sites (N-methyl/N-ethyl adjacent to an activating group) is 1. The van der Waals surface area contributed by atoms with Gasteiger partial charge < -0.3 is 10.2 Å². The summed E-state index contributed by atoms with van der Waals surface area (Å²) < 4.78 is 0. The molecule has 4 heteroatoms. The van der Waals surface area contributed by atoms with E-state index in [2.05, 4.69) is 22.2 Å². The van der Waals surface area contributed by atoms with Gasteiger partial charge in [0.05, 0.1) is 0 Å². The van der Waals surface area contributed by atoms with Gasteiger partial charge in [0.15, 0.2) is 0 Å². The van der Waals surface area contributed by atoms with Crippen LogP contribution in [-0.4, -0.2) is 62.0 Å². The maximum Gasteiger partial charge on any atom is 0.216 e. The van der Waals surface area contributed by atoms with Gasteiger partial charge in [0, 0.05) is 46.2 Å². The van der Waals surface area contributed by atoms with E-state index >= 15 is 0 Å². The summed E-state index contributed by atoms with van der Waals surface area (Å²) in [5, 5.41) is 2.81. The first-order valence-corrected chi connectivity index (χ1v) is 6.84. The van der Waals surface area contributed by atoms with Crippen LogP contribution in [0.2, 0.25) is 0 Å². The molecule has 1 heterocycles. The van der Waals surface area contributed by atoms with Crippen molar-refractivity contribution in [3.05, 3.63) is 0 Å². The second kappa shape index (κ2) is 13.5. The van der Waals surface area contributed by atoms with Crippen molar-refractivity contribution in [2.45, 2.75) is 34.6 Å². The Morgan fingerprint density at radius 3 is 1.94 bits per heavy atom. The molecular formula is C13H31N3O. The molecule has 0 spiro atoms. The molecule has 17 heavy (non-hydrogen) atoms. The van der Waals surface area contributed by atoms with Crippen molar-refractivity contribution in [2.75, 3.05) is 46.3 Å². The molecule has 0 aromatic carbocycles. The van der Waals surface area contributed by atoms with E-state index in [4.69, 9.17) is 0 Å². The van der Waals surface area contributed by atoms with Crippen molar-refractivity contribution in [3.63, 3.8) is 0 Å². The zero-order chi connectivity index (χ0) is 13.7. The third-order valence-electron chi connectivity index (χ3n) is 2.40. The third-order valence-corrected chi connectivity index (χ3v) is 2.40. The lowest BCUT2D eigenvalue weighted by Gasteiger charge is -2.32. The summed E-state index contributed by atoms with van der Waals surface area (Å²) in [5.41, 5.74) is 0. The highest BCUT2D eigenvalue weighted by Gasteiger charge is 2.12. The van der Waals surface area contributed by atoms with E-state index in [1.165, 1.54) is 0 Å². The summed E-state index contributed by atoms with van der Waals surface area (Å²) in [6, 6.07) is 0. The van der Waals surface area contributed by atoms with Gasteiger partial charge in [-0.3, -0.25) is 9.69 Å². The van der Waals surface area contributed by atoms with Gasteiger partial charge in [-0.2, -0.15) is 0 Å². The largest absolute Gasteiger partial charge is 0.355 e. The smallest absolute Gasteiger partial charge is 0.216 e. The second-order valence-corrected chi connectivity index (χ2v) is 3.63. The molecule has 0 radical (unpaired) electrons. The van der Waals surface area contributed by atoms with Gasteiger partial charge >= 0.3 is 0 Å². The molecule has 0 aromatic rings. The Bertz CT molecular complexity index is 166. The summed E-state index contributed by atoms with van der Waals surface area (Å²) in [4.78, 5) is 15.3. The molecule has 0 aliphatic carbocycles. The van der Waals surface area contributed by atoms with Crippen LogP contribution in [0.4, 0.5) is 0 Å². The van der Waals surface area contributed by atoms with Crippen LogP contribution in [0.5, 0.6) is 0 Å². The van der Waals surface area contributed by atoms with Gasteiger partial charge in [0.2, 0.25) is 5.91 Å². The van der Waals surface area contributed by atoms with Crippen LogP contribution in [0, 0.1) is 0 Å². The number of hydrogen-bond acceptors (Lipinski definition) is 3. The Kier molecular flexibility index (Phi) is 14.8. The van der Waals surface area contributed by atoms with Crippen molar-refractivity contribution in [2.24, 2.45) is 0 Å². The van der Waals surface area contributed by atoms with Crippen molar-refractivity contribution < 1.29 is 4.79 Å². The van der Waals surface area contributed by atoms with E-state index in [-0.39, 0.29) is 5.91 Å². The first kappa shape index (κ1) is 18.7. The fourth-order valence-corrected chi connectivity index (χ4v) is 1.46. The van der Waals surface area contributed by atoms with Crippen LogP contribution in [0.1, 0.15) is 34.6 Å². The molecule has 0 unspecified atom stereocenters. The second-order valence-electron chi connectivity index (χ2n) is 3.63. The fraction of sp³-hybridized carbons (Fsp3) is 0.923. The molecule has 0 saturated carbocycles. The molecule has 0 bridgehead atoms. The molecule has 1 rings (SSSR count). The summed E-state index contributed by atoms with van der Waals surface area (Å²) in [6.45, 7) is 15.8. The predicted molar refractivity (Wildman–Crippen MR) is 75.3 cm³/mol. The zero-order valence-corrected chi connectivity index (χ0v) is 12.5. The van der Waals surface area contributed by atoms with Crippen LogP contribution in [0.15, 0.2) is 0 Å². The quantitative estimate of drug-likeness (QED) is 0.817. The SMILES string of the molecule is CC.CC.CC(=O)NCCN1CCN(C)CC1. The average molecular weight is 245 g/mol. The highest BCUT2D eigenvalue weighted by atomic mass is 16.1. The number of nitrogens with one attached hydrogen (secondary N) is 1. The number of carbonyl (C=O) groups is 1. The lowest BCUT2D eigenvalue weighted by Crippen LogP contribution is -2.46. The van der Waals surface area contributed by atoms with Gasteiger partial charge in [0.1, 0.15) is 0 Å². The van der Waals surface area contributed by atoms with Crippen molar-refractivity contribution in [1.82, 2.24) is 15.1 Å². The van der Waals surface area contributed by atoms with Gasteiger partial charge in [-0.1, -0.05) is 27.7 Å². The fourth-order valence-electron chi connectivity index (χ4n) is 1.46. The third kappa shape index (κ3) is 11.6. The summed E-state index contributed by atoms with van der Waals surface area (Å²) >= 11 is 0.